The van der Waals surface area contributed by atoms with Crippen LogP contribution in [0, 0.1) is 5.82 Å². The van der Waals surface area contributed by atoms with Gasteiger partial charge in [-0.3, -0.25) is 0 Å². The van der Waals surface area contributed by atoms with Crippen LogP contribution in [0.5, 0.6) is 5.75 Å². The molecule has 2 saturated heterocycles. The first-order valence-electron chi connectivity index (χ1n) is 8.06. The zero-order valence-electron chi connectivity index (χ0n) is 13.7. The zero-order chi connectivity index (χ0) is 18.6. The smallest absolute Gasteiger partial charge is 0.407 e. The van der Waals surface area contributed by atoms with Gasteiger partial charge >= 0.3 is 6.09 Å². The summed E-state index contributed by atoms with van der Waals surface area (Å²) in [6, 6.07) is 1.62. The number of halogens is 3. The summed E-state index contributed by atoms with van der Waals surface area (Å²) in [5.74, 6) is 0.280. The van der Waals surface area contributed by atoms with E-state index in [1.165, 1.54) is 12.0 Å². The highest BCUT2D eigenvalue weighted by Crippen LogP contribution is 2.41. The molecule has 0 radical (unpaired) electrons. The van der Waals surface area contributed by atoms with E-state index in [0.717, 1.165) is 12.8 Å². The molecule has 2 bridgehead atoms. The highest BCUT2D eigenvalue weighted by atomic mass is 79.9. The Morgan fingerprint density at radius 3 is 2.62 bits per heavy atom. The van der Waals surface area contributed by atoms with Crippen molar-refractivity contribution >= 4 is 50.3 Å². The molecule has 1 aromatic heterocycles. The Morgan fingerprint density at radius 2 is 2.04 bits per heavy atom. The minimum Gasteiger partial charge on any atom is -0.495 e. The summed E-state index contributed by atoms with van der Waals surface area (Å²) in [5, 5.41) is 9.74. The molecule has 0 spiro atoms. The van der Waals surface area contributed by atoms with Crippen LogP contribution in [0.1, 0.15) is 12.8 Å². The summed E-state index contributed by atoms with van der Waals surface area (Å²) in [5.41, 5.74) is 0.104. The van der Waals surface area contributed by atoms with Gasteiger partial charge in [0.2, 0.25) is 5.28 Å². The second-order valence-electron chi connectivity index (χ2n) is 6.40. The number of ether oxygens (including phenoxy) is 1. The third kappa shape index (κ3) is 2.64. The third-order valence-electron chi connectivity index (χ3n) is 5.01. The molecule has 2 aliphatic heterocycles. The van der Waals surface area contributed by atoms with E-state index in [-0.39, 0.29) is 27.4 Å². The van der Waals surface area contributed by atoms with Crippen LogP contribution in [0.3, 0.4) is 0 Å². The first-order chi connectivity index (χ1) is 12.4. The number of fused-ring (bicyclic) bond motifs is 3. The number of hydrogen-bond acceptors (Lipinski definition) is 5. The van der Waals surface area contributed by atoms with Gasteiger partial charge in [-0.15, -0.1) is 0 Å². The SMILES string of the molecule is COc1cc2c(N3[C@@H]4CC[C@H]3CN(C(=O)O)C4)nc(Cl)nc2c(F)c1Br. The normalized spacial score (nSPS) is 22.2. The Bertz CT molecular complexity index is 901. The van der Waals surface area contributed by atoms with E-state index < -0.39 is 11.9 Å². The number of carbonyl (C=O) groups is 1. The fourth-order valence-electron chi connectivity index (χ4n) is 3.89. The highest BCUT2D eigenvalue weighted by molar-refractivity contribution is 9.10. The topological polar surface area (TPSA) is 78.8 Å². The van der Waals surface area contributed by atoms with Crippen LogP contribution in [0.15, 0.2) is 10.5 Å². The van der Waals surface area contributed by atoms with Crippen LogP contribution in [-0.4, -0.2) is 58.4 Å². The maximum atomic E-state index is 14.8. The number of nitrogens with zero attached hydrogens (tertiary/aromatic N) is 4. The molecular formula is C16H15BrClFN4O3. The van der Waals surface area contributed by atoms with E-state index in [9.17, 15) is 14.3 Å². The number of piperazine rings is 1. The maximum absolute atomic E-state index is 14.8. The van der Waals surface area contributed by atoms with Crippen molar-refractivity contribution in [2.45, 2.75) is 24.9 Å². The monoisotopic (exact) mass is 444 g/mol. The summed E-state index contributed by atoms with van der Waals surface area (Å²) < 4.78 is 20.2. The summed E-state index contributed by atoms with van der Waals surface area (Å²) in [7, 11) is 1.46. The van der Waals surface area contributed by atoms with Gasteiger partial charge in [-0.1, -0.05) is 0 Å². The molecule has 0 aliphatic carbocycles. The number of likely N-dealkylation sites (tertiary alicyclic amines) is 1. The minimum atomic E-state index is -0.927. The molecule has 138 valence electrons. The van der Waals surface area contributed by atoms with Gasteiger partial charge in [-0.2, -0.15) is 4.98 Å². The number of benzene rings is 1. The molecule has 7 nitrogen and oxygen atoms in total. The van der Waals surface area contributed by atoms with Crippen molar-refractivity contribution in [1.82, 2.24) is 14.9 Å². The van der Waals surface area contributed by atoms with Crippen LogP contribution in [-0.2, 0) is 0 Å². The Kier molecular flexibility index (Phi) is 4.31. The first-order valence-corrected chi connectivity index (χ1v) is 9.23. The second kappa shape index (κ2) is 6.38. The molecule has 2 aliphatic rings. The lowest BCUT2D eigenvalue weighted by Gasteiger charge is -2.41. The van der Waals surface area contributed by atoms with E-state index in [4.69, 9.17) is 16.3 Å². The van der Waals surface area contributed by atoms with Crippen molar-refractivity contribution in [3.63, 3.8) is 0 Å². The number of anilines is 1. The number of hydrogen-bond donors (Lipinski definition) is 1. The van der Waals surface area contributed by atoms with E-state index in [0.29, 0.717) is 30.0 Å². The van der Waals surface area contributed by atoms with Gasteiger partial charge in [0.1, 0.15) is 17.1 Å². The highest BCUT2D eigenvalue weighted by Gasteiger charge is 2.43. The summed E-state index contributed by atoms with van der Waals surface area (Å²) >= 11 is 9.25. The molecule has 0 saturated carbocycles. The van der Waals surface area contributed by atoms with Crippen LogP contribution in [0.25, 0.3) is 10.9 Å². The summed E-state index contributed by atoms with van der Waals surface area (Å²) in [4.78, 5) is 23.2. The number of aromatic nitrogens is 2. The molecule has 3 heterocycles. The third-order valence-corrected chi connectivity index (χ3v) is 5.92. The van der Waals surface area contributed by atoms with Crippen molar-refractivity contribution in [1.29, 1.82) is 0 Å². The molecule has 0 unspecified atom stereocenters. The maximum Gasteiger partial charge on any atom is 0.407 e. The van der Waals surface area contributed by atoms with Crippen LogP contribution in [0.2, 0.25) is 5.28 Å². The largest absolute Gasteiger partial charge is 0.495 e. The molecule has 1 aromatic carbocycles. The van der Waals surface area contributed by atoms with E-state index >= 15 is 0 Å². The zero-order valence-corrected chi connectivity index (χ0v) is 16.1. The van der Waals surface area contributed by atoms with Gasteiger partial charge in [0, 0.05) is 30.6 Å². The molecule has 2 fully saturated rings. The minimum absolute atomic E-state index is 0.0308. The number of rotatable bonds is 2. The predicted octanol–water partition coefficient (Wildman–Crippen LogP) is 3.52. The molecule has 2 aromatic rings. The van der Waals surface area contributed by atoms with Crippen molar-refractivity contribution in [3.8, 4) is 5.75 Å². The Balaban J connectivity index is 1.87. The van der Waals surface area contributed by atoms with Crippen molar-refractivity contribution < 1.29 is 19.0 Å². The molecular weight excluding hydrogens is 431 g/mol. The molecule has 1 N–H and O–H groups in total. The lowest BCUT2D eigenvalue weighted by Crippen LogP contribution is -2.55. The Hall–Kier alpha value is -1.87. The van der Waals surface area contributed by atoms with Gasteiger partial charge in [0.15, 0.2) is 5.82 Å². The molecule has 26 heavy (non-hydrogen) atoms. The van der Waals surface area contributed by atoms with E-state index in [2.05, 4.69) is 30.8 Å². The lowest BCUT2D eigenvalue weighted by molar-refractivity contribution is 0.133. The van der Waals surface area contributed by atoms with Gasteiger partial charge < -0.3 is 19.6 Å². The van der Waals surface area contributed by atoms with Crippen molar-refractivity contribution in [2.24, 2.45) is 0 Å². The van der Waals surface area contributed by atoms with E-state index in [1.54, 1.807) is 6.07 Å². The second-order valence-corrected chi connectivity index (χ2v) is 7.53. The van der Waals surface area contributed by atoms with Crippen LogP contribution in [0.4, 0.5) is 15.0 Å². The van der Waals surface area contributed by atoms with Gasteiger partial charge in [-0.05, 0) is 46.4 Å². The number of amides is 1. The van der Waals surface area contributed by atoms with Crippen molar-refractivity contribution in [2.75, 3.05) is 25.1 Å². The number of carboxylic acid groups (broad SMARTS) is 1. The average Bonchev–Trinajstić information content (AvgIpc) is 2.86. The van der Waals surface area contributed by atoms with Crippen molar-refractivity contribution in [3.05, 3.63) is 21.6 Å². The van der Waals surface area contributed by atoms with Gasteiger partial charge in [0.05, 0.1) is 11.6 Å². The van der Waals surface area contributed by atoms with Crippen LogP contribution >= 0.6 is 27.5 Å². The fourth-order valence-corrected chi connectivity index (χ4v) is 4.52. The summed E-state index contributed by atoms with van der Waals surface area (Å²) in [6.07, 6.45) is 0.755. The number of methoxy groups -OCH3 is 1. The van der Waals surface area contributed by atoms with Gasteiger partial charge in [0.25, 0.3) is 0 Å². The summed E-state index contributed by atoms with van der Waals surface area (Å²) in [6.45, 7) is 0.760. The lowest BCUT2D eigenvalue weighted by atomic mass is 10.1. The molecule has 4 rings (SSSR count). The molecule has 10 heteroatoms. The fraction of sp³-hybridized carbons (Fsp3) is 0.438. The molecule has 2 atom stereocenters. The standard InChI is InChI=1S/C16H15BrClFN4O3/c1-26-10-4-9-13(12(19)11(10)17)20-15(18)21-14(9)23-7-2-3-8(23)6-22(5-7)16(24)25/h4,7-8H,2-3,5-6H2,1H3,(H,24,25)/t7-,8+. The Labute approximate surface area is 161 Å². The average molecular weight is 446 g/mol. The van der Waals surface area contributed by atoms with Gasteiger partial charge in [-0.25, -0.2) is 14.2 Å². The molecule has 1 amide bonds. The first kappa shape index (κ1) is 17.5. The predicted molar refractivity (Wildman–Crippen MR) is 97.6 cm³/mol. The quantitative estimate of drug-likeness (QED) is 0.713. The van der Waals surface area contributed by atoms with Crippen LogP contribution < -0.4 is 9.64 Å². The Morgan fingerprint density at radius 1 is 1.38 bits per heavy atom. The van der Waals surface area contributed by atoms with E-state index in [1.807, 2.05) is 0 Å².